The Bertz CT molecular complexity index is 936. The highest BCUT2D eigenvalue weighted by atomic mass is 35.5. The van der Waals surface area contributed by atoms with Crippen LogP contribution >= 0.6 is 23.2 Å². The van der Waals surface area contributed by atoms with Crippen LogP contribution in [-0.2, 0) is 25.0 Å². The number of carbonyl (C=O) groups is 3. The van der Waals surface area contributed by atoms with Gasteiger partial charge >= 0.3 is 6.03 Å². The topological polar surface area (TPSA) is 113 Å². The van der Waals surface area contributed by atoms with E-state index in [0.29, 0.717) is 17.0 Å². The van der Waals surface area contributed by atoms with Crippen molar-refractivity contribution in [3.63, 3.8) is 0 Å². The van der Waals surface area contributed by atoms with Crippen molar-refractivity contribution in [1.29, 1.82) is 0 Å². The Morgan fingerprint density at radius 2 is 2.07 bits per heavy atom. The van der Waals surface area contributed by atoms with E-state index in [2.05, 4.69) is 10.6 Å². The summed E-state index contributed by atoms with van der Waals surface area (Å²) >= 11 is 12.0. The second-order valence-corrected chi connectivity index (χ2v) is 9.81. The molecular formula is C16H17Cl2N3O5S. The van der Waals surface area contributed by atoms with Gasteiger partial charge in [0, 0.05) is 21.7 Å². The zero-order valence-electron chi connectivity index (χ0n) is 14.3. The molecule has 0 aromatic heterocycles. The van der Waals surface area contributed by atoms with Gasteiger partial charge in [0.05, 0.1) is 11.5 Å². The first-order valence-corrected chi connectivity index (χ1v) is 10.7. The number of imide groups is 1. The fourth-order valence-corrected chi connectivity index (χ4v) is 5.51. The van der Waals surface area contributed by atoms with Gasteiger partial charge in [0.15, 0.2) is 9.84 Å². The standard InChI is InChI=1S/C16H17Cl2N3O5S/c1-16(11-3-2-9(17)6-12(11)18)14(23)21(15(24)20-16)7-13(22)19-10-4-5-27(25,26)8-10/h2-3,6,10H,4-5,7-8H2,1H3,(H,19,22)(H,20,24)/t10-,16-/m0/s1. The molecule has 3 rings (SSSR count). The van der Waals surface area contributed by atoms with Crippen LogP contribution in [0.2, 0.25) is 10.0 Å². The van der Waals surface area contributed by atoms with Gasteiger partial charge < -0.3 is 10.6 Å². The molecule has 146 valence electrons. The second kappa shape index (κ2) is 6.96. The van der Waals surface area contributed by atoms with Crippen molar-refractivity contribution >= 4 is 50.9 Å². The number of halogens is 2. The first-order chi connectivity index (χ1) is 12.5. The highest BCUT2D eigenvalue weighted by molar-refractivity contribution is 7.91. The molecule has 2 N–H and O–H groups in total. The molecular weight excluding hydrogens is 417 g/mol. The van der Waals surface area contributed by atoms with Gasteiger partial charge in [-0.15, -0.1) is 0 Å². The number of nitrogens with zero attached hydrogens (tertiary/aromatic N) is 1. The summed E-state index contributed by atoms with van der Waals surface area (Å²) in [5, 5.41) is 5.70. The molecule has 0 spiro atoms. The van der Waals surface area contributed by atoms with E-state index in [4.69, 9.17) is 23.2 Å². The van der Waals surface area contributed by atoms with Crippen LogP contribution in [0.15, 0.2) is 18.2 Å². The molecule has 2 aliphatic heterocycles. The first-order valence-electron chi connectivity index (χ1n) is 8.11. The molecule has 0 saturated carbocycles. The van der Waals surface area contributed by atoms with Gasteiger partial charge in [-0.2, -0.15) is 0 Å². The zero-order chi connectivity index (χ0) is 20.0. The van der Waals surface area contributed by atoms with Crippen molar-refractivity contribution < 1.29 is 22.8 Å². The summed E-state index contributed by atoms with van der Waals surface area (Å²) in [5.74, 6) is -1.37. The Labute approximate surface area is 166 Å². The lowest BCUT2D eigenvalue weighted by molar-refractivity contribution is -0.135. The van der Waals surface area contributed by atoms with Crippen LogP contribution in [0.3, 0.4) is 0 Å². The molecule has 11 heteroatoms. The van der Waals surface area contributed by atoms with Crippen LogP contribution < -0.4 is 10.6 Å². The Balaban J connectivity index is 1.73. The van der Waals surface area contributed by atoms with Gasteiger partial charge in [0.1, 0.15) is 12.1 Å². The van der Waals surface area contributed by atoms with Crippen molar-refractivity contribution in [3.05, 3.63) is 33.8 Å². The molecule has 2 heterocycles. The second-order valence-electron chi connectivity index (χ2n) is 6.74. The molecule has 0 unspecified atom stereocenters. The number of benzene rings is 1. The molecule has 27 heavy (non-hydrogen) atoms. The van der Waals surface area contributed by atoms with Crippen LogP contribution in [-0.4, -0.2) is 55.3 Å². The highest BCUT2D eigenvalue weighted by Crippen LogP contribution is 2.34. The highest BCUT2D eigenvalue weighted by Gasteiger charge is 2.50. The molecule has 2 fully saturated rings. The fourth-order valence-electron chi connectivity index (χ4n) is 3.24. The van der Waals surface area contributed by atoms with E-state index in [9.17, 15) is 22.8 Å². The molecule has 1 aromatic rings. The summed E-state index contributed by atoms with van der Waals surface area (Å²) in [6, 6.07) is 3.29. The lowest BCUT2D eigenvalue weighted by atomic mass is 9.92. The minimum atomic E-state index is -3.15. The largest absolute Gasteiger partial charge is 0.351 e. The number of carbonyl (C=O) groups excluding carboxylic acids is 3. The maximum atomic E-state index is 12.8. The van der Waals surface area contributed by atoms with Gasteiger partial charge in [-0.05, 0) is 25.5 Å². The Hall–Kier alpha value is -1.84. The molecule has 8 nitrogen and oxygen atoms in total. The first kappa shape index (κ1) is 19.9. The predicted molar refractivity (Wildman–Crippen MR) is 99.3 cm³/mol. The smallest absolute Gasteiger partial charge is 0.325 e. The third-order valence-corrected chi connectivity index (χ3v) is 6.96. The molecule has 1 aromatic carbocycles. The molecule has 4 amide bonds. The van der Waals surface area contributed by atoms with Gasteiger partial charge in [0.25, 0.3) is 5.91 Å². The molecule has 0 radical (unpaired) electrons. The Kier molecular flexibility index (Phi) is 5.13. The molecule has 2 saturated heterocycles. The van der Waals surface area contributed by atoms with Gasteiger partial charge in [-0.1, -0.05) is 29.3 Å². The van der Waals surface area contributed by atoms with E-state index < -0.39 is 45.8 Å². The zero-order valence-corrected chi connectivity index (χ0v) is 16.6. The van der Waals surface area contributed by atoms with Crippen molar-refractivity contribution in [1.82, 2.24) is 15.5 Å². The number of amides is 4. The van der Waals surface area contributed by atoms with Crippen LogP contribution in [0.4, 0.5) is 4.79 Å². The summed E-state index contributed by atoms with van der Waals surface area (Å²) < 4.78 is 22.9. The lowest BCUT2D eigenvalue weighted by Crippen LogP contribution is -2.45. The lowest BCUT2D eigenvalue weighted by Gasteiger charge is -2.23. The van der Waals surface area contributed by atoms with E-state index >= 15 is 0 Å². The van der Waals surface area contributed by atoms with Crippen LogP contribution in [0.5, 0.6) is 0 Å². The minimum absolute atomic E-state index is 0.00815. The maximum absolute atomic E-state index is 12.8. The van der Waals surface area contributed by atoms with Crippen LogP contribution in [0.25, 0.3) is 0 Å². The monoisotopic (exact) mass is 433 g/mol. The third-order valence-electron chi connectivity index (χ3n) is 4.64. The molecule has 0 aliphatic carbocycles. The molecule has 2 aliphatic rings. The average molecular weight is 434 g/mol. The number of urea groups is 1. The summed E-state index contributed by atoms with van der Waals surface area (Å²) in [6.07, 6.45) is 0.312. The van der Waals surface area contributed by atoms with E-state index in [1.807, 2.05) is 0 Å². The van der Waals surface area contributed by atoms with Crippen molar-refractivity contribution in [3.8, 4) is 0 Å². The fraction of sp³-hybridized carbons (Fsp3) is 0.438. The third kappa shape index (κ3) is 3.90. The van der Waals surface area contributed by atoms with Crippen LogP contribution in [0, 0.1) is 0 Å². The minimum Gasteiger partial charge on any atom is -0.351 e. The predicted octanol–water partition coefficient (Wildman–Crippen LogP) is 1.06. The number of hydrogen-bond donors (Lipinski definition) is 2. The van der Waals surface area contributed by atoms with E-state index in [-0.39, 0.29) is 16.5 Å². The quantitative estimate of drug-likeness (QED) is 0.689. The molecule has 2 atom stereocenters. The molecule has 0 bridgehead atoms. The van der Waals surface area contributed by atoms with Gasteiger partial charge in [0.2, 0.25) is 5.91 Å². The summed E-state index contributed by atoms with van der Waals surface area (Å²) in [5.41, 5.74) is -1.08. The van der Waals surface area contributed by atoms with Crippen molar-refractivity contribution in [2.75, 3.05) is 18.1 Å². The maximum Gasteiger partial charge on any atom is 0.325 e. The van der Waals surface area contributed by atoms with Gasteiger partial charge in [-0.3, -0.25) is 14.5 Å². The number of nitrogens with one attached hydrogen (secondary N) is 2. The average Bonchev–Trinajstić information content (AvgIpc) is 2.99. The number of rotatable bonds is 4. The Morgan fingerprint density at radius 1 is 1.37 bits per heavy atom. The van der Waals surface area contributed by atoms with Crippen molar-refractivity contribution in [2.24, 2.45) is 0 Å². The van der Waals surface area contributed by atoms with E-state index in [0.717, 1.165) is 4.90 Å². The SMILES string of the molecule is C[C@@]1(c2ccc(Cl)cc2Cl)NC(=O)N(CC(=O)N[C@H]2CCS(=O)(=O)C2)C1=O. The summed E-state index contributed by atoms with van der Waals surface area (Å²) in [6.45, 7) is 0.978. The van der Waals surface area contributed by atoms with E-state index in [1.165, 1.54) is 19.1 Å². The van der Waals surface area contributed by atoms with Gasteiger partial charge in [-0.25, -0.2) is 13.2 Å². The van der Waals surface area contributed by atoms with Crippen molar-refractivity contribution in [2.45, 2.75) is 24.9 Å². The number of sulfone groups is 1. The number of hydrogen-bond acceptors (Lipinski definition) is 5. The van der Waals surface area contributed by atoms with E-state index in [1.54, 1.807) is 6.07 Å². The summed E-state index contributed by atoms with van der Waals surface area (Å²) in [7, 11) is -3.15. The van der Waals surface area contributed by atoms with Crippen LogP contribution in [0.1, 0.15) is 18.9 Å². The Morgan fingerprint density at radius 3 is 2.67 bits per heavy atom. The normalized spacial score (nSPS) is 26.9. The summed E-state index contributed by atoms with van der Waals surface area (Å²) in [4.78, 5) is 38.1.